The van der Waals surface area contributed by atoms with Crippen LogP contribution >= 0.6 is 157 Å². The van der Waals surface area contributed by atoms with Crippen LogP contribution in [0.3, 0.4) is 0 Å². The second-order valence-corrected chi connectivity index (χ2v) is 39.8. The first-order valence-electron chi connectivity index (χ1n) is 36.1. The number of amides is 3. The molecule has 0 aliphatic heterocycles. The van der Waals surface area contributed by atoms with E-state index in [0.29, 0.717) is 68.2 Å². The number of nitrogen functional groups attached to an aromatic ring is 1. The number of halogens is 4. The van der Waals surface area contributed by atoms with Crippen molar-refractivity contribution in [1.29, 1.82) is 5.41 Å². The molecule has 1 unspecified atom stereocenters. The molecule has 649 valence electrons. The van der Waals surface area contributed by atoms with Gasteiger partial charge < -0.3 is 50.4 Å². The van der Waals surface area contributed by atoms with Crippen LogP contribution < -0.4 is 39.2 Å². The molecule has 0 spiro atoms. The Morgan fingerprint density at radius 1 is 0.581 bits per heavy atom. The number of thiazole rings is 4. The van der Waals surface area contributed by atoms with Crippen molar-refractivity contribution in [2.75, 3.05) is 36.1 Å². The van der Waals surface area contributed by atoms with Crippen LogP contribution in [0, 0.1) is 12.3 Å². The average molecular weight is 2110 g/mol. The number of aryl methyl sites for hydroxylation is 5. The fourth-order valence-electron chi connectivity index (χ4n) is 11.6. The number of fused-ring (bicyclic) bond motifs is 10. The summed E-state index contributed by atoms with van der Waals surface area (Å²) in [5.41, 5.74) is 24.8. The van der Waals surface area contributed by atoms with Gasteiger partial charge in [-0.25, -0.2) is 68.5 Å². The first-order valence-corrected chi connectivity index (χ1v) is 48.5. The zero-order valence-electron chi connectivity index (χ0n) is 69.0. The van der Waals surface area contributed by atoms with E-state index >= 15 is 0 Å². The van der Waals surface area contributed by atoms with Gasteiger partial charge in [0.2, 0.25) is 0 Å². The van der Waals surface area contributed by atoms with Gasteiger partial charge in [-0.2, -0.15) is 15.3 Å². The van der Waals surface area contributed by atoms with E-state index in [-0.39, 0.29) is 23.2 Å². The van der Waals surface area contributed by atoms with Crippen LogP contribution in [0.25, 0.3) is 74.1 Å². The number of nitrogens with one attached hydrogen (secondary N) is 2. The van der Waals surface area contributed by atoms with Crippen LogP contribution in [-0.2, 0) is 73.4 Å². The predicted molar refractivity (Wildman–Crippen MR) is 518 cm³/mol. The summed E-state index contributed by atoms with van der Waals surface area (Å²) in [6.45, 7) is 13.6. The van der Waals surface area contributed by atoms with E-state index in [2.05, 4.69) is 159 Å². The van der Waals surface area contributed by atoms with Gasteiger partial charge in [0.15, 0.2) is 39.9 Å². The van der Waals surface area contributed by atoms with Crippen LogP contribution in [0.5, 0.6) is 0 Å². The Balaban J connectivity index is 0.000000172. The number of alkyl halides is 1. The predicted octanol–water partition coefficient (Wildman–Crippen LogP) is 15.6. The molecule has 0 aromatic carbocycles. The van der Waals surface area contributed by atoms with Gasteiger partial charge >= 0.3 is 36.9 Å². The fraction of sp³-hybridized carbons (Fsp3) is 0.276. The number of nitrogens with two attached hydrogens (primary N) is 3. The number of nitrogens with zero attached hydrogens (tertiary/aromatic N) is 20. The third kappa shape index (κ3) is 25.3. The van der Waals surface area contributed by atoms with Crippen LogP contribution in [0.4, 0.5) is 21.2 Å². The van der Waals surface area contributed by atoms with Gasteiger partial charge in [-0.3, -0.25) is 28.7 Å². The normalized spacial score (nSPS) is 11.3. The van der Waals surface area contributed by atoms with Crippen LogP contribution in [0.2, 0.25) is 0 Å². The summed E-state index contributed by atoms with van der Waals surface area (Å²) in [5, 5.41) is 26.3. The third-order valence-corrected chi connectivity index (χ3v) is 27.3. The molecule has 16 rings (SSSR count). The van der Waals surface area contributed by atoms with Gasteiger partial charge in [0.1, 0.15) is 58.9 Å². The molecule has 0 bridgehead atoms. The summed E-state index contributed by atoms with van der Waals surface area (Å²) >= 11 is 27.1. The summed E-state index contributed by atoms with van der Waals surface area (Å²) in [6.07, 6.45) is 20.9. The number of pyridine rings is 5. The van der Waals surface area contributed by atoms with Crippen LogP contribution in [-0.4, -0.2) is 165 Å². The quantitative estimate of drug-likeness (QED) is 0.0147. The van der Waals surface area contributed by atoms with Crippen LogP contribution in [0.1, 0.15) is 85.4 Å². The maximum atomic E-state index is 13.1. The second-order valence-electron chi connectivity index (χ2n) is 27.9. The molecule has 1 atom stereocenters. The number of thiol groups is 1. The minimum atomic E-state index is -1.16. The van der Waals surface area contributed by atoms with E-state index in [9.17, 15) is 33.0 Å². The number of anilines is 2. The van der Waals surface area contributed by atoms with Crippen molar-refractivity contribution >= 4 is 286 Å². The zero-order valence-corrected chi connectivity index (χ0v) is 82.7. The van der Waals surface area contributed by atoms with E-state index in [0.717, 1.165) is 101 Å². The Kier molecular flexibility index (Phi) is 35.1. The van der Waals surface area contributed by atoms with E-state index in [1.165, 1.54) is 47.8 Å². The van der Waals surface area contributed by atoms with Crippen molar-refractivity contribution in [2.24, 2.45) is 44.0 Å². The number of ether oxygens (including phenoxy) is 2. The third-order valence-electron chi connectivity index (χ3n) is 16.7. The monoisotopic (exact) mass is 2100 g/mol. The first-order chi connectivity index (χ1) is 58.7. The Bertz CT molecular complexity index is 6810. The Morgan fingerprint density at radius 3 is 1.32 bits per heavy atom. The number of aromatic nitrogens is 19. The van der Waals surface area contributed by atoms with Crippen molar-refractivity contribution in [3.8, 4) is 0 Å². The molecule has 16 aromatic heterocycles. The number of primary amides is 2. The zero-order chi connectivity index (χ0) is 90.9. The Labute approximate surface area is 780 Å². The van der Waals surface area contributed by atoms with Crippen LogP contribution in [0.15, 0.2) is 160 Å². The number of hydrogen-bond acceptors (Lipinski definition) is 32. The van der Waals surface area contributed by atoms with E-state index in [1.54, 1.807) is 203 Å². The number of carbonyl (C=O) groups excluding carboxylic acids is 3. The van der Waals surface area contributed by atoms with E-state index in [1.807, 2.05) is 85.3 Å². The molecule has 8 N–H and O–H groups in total. The molecular formula is C76H81BBr4N25O9S9. The van der Waals surface area contributed by atoms with E-state index < -0.39 is 40.1 Å². The van der Waals surface area contributed by atoms with Gasteiger partial charge in [-0.1, -0.05) is 51.2 Å². The summed E-state index contributed by atoms with van der Waals surface area (Å²) in [6, 6.07) is 18.6. The second kappa shape index (κ2) is 44.2. The minimum absolute atomic E-state index is 0.112. The summed E-state index contributed by atoms with van der Waals surface area (Å²) in [5.74, 6) is 0.209. The molecule has 34 nitrogen and oxygen atoms in total. The van der Waals surface area contributed by atoms with Gasteiger partial charge in [0.05, 0.1) is 67.8 Å². The molecular weight excluding hydrogens is 2030 g/mol. The number of thioether (sulfide) groups is 3. The molecule has 0 saturated carbocycles. The molecule has 124 heavy (non-hydrogen) atoms. The van der Waals surface area contributed by atoms with Crippen molar-refractivity contribution < 1.29 is 28.1 Å². The van der Waals surface area contributed by atoms with Gasteiger partial charge in [-0.05, 0) is 204 Å². The Hall–Kier alpha value is -9.34. The molecule has 16 aromatic rings. The molecule has 0 saturated heterocycles. The van der Waals surface area contributed by atoms with E-state index in [4.69, 9.17) is 27.3 Å². The SMILES string of the molecule is BrCc1ccnc(Br)c1.CC(C)(C)OC(N)=O.CSc1nc2c(s1)c(C=N)c(C(N)=O)n2C.CSc1nc2c(s1)c1cnn(Cc3ccnc(Br)c3)c(=O)c1n2C.CSc1nc2c(s1)c1cnn(Cc3ccnc(NC(=O)OC(C)(C)C)c3)c(=O)c1n2C.Cc1ccnc(Br)c1.Cn1c2nc(S(C)=O)sc2c2cnn(Cc3ccnc(N)c3)c(=O)c21.[B]=NS. The Morgan fingerprint density at radius 2 is 0.960 bits per heavy atom. The summed E-state index contributed by atoms with van der Waals surface area (Å²) < 4.78 is 45.1. The van der Waals surface area contributed by atoms with Gasteiger partial charge in [0, 0.05) is 98.7 Å². The standard InChI is InChI=1S/C20H22N6O3S2.C15H12BrN5OS2.C15H14N6O2S2.C9H10N4OS2.C6H5Br2N.C6H6BrN.C5H11NO2.BHNS/c1-20(2,3)29-18(28)23-13-8-11(6-7-21-13)10-26-17(27)14-12(9-22-26)15-16(25(14)4)24-19(30-5)31-15;1-20-11-9(12-13(20)19-15(23-2)24-12)6-18-21(14(11)22)7-8-3-4-17-10(16)5-8;1-20-11-9(12-13(20)19-15(24-12)25(2)23)6-18-21(14(11)22)7-8-3-4-17-10(16)5-8;1-13-5(7(11)14)4(3-10)6-8(13)12-9(15-2)16-6;7-4-5-1-2-9-6(8)3-5;1-5-2-3-8-6(7)4-5;1-5(2,3)8-4(6)7;1-2-3/h6-9H,10H2,1-5H3,(H,21,23,28);3-6H,7H2,1-2H3;3-6H,7H2,1-2H3,(H2,16,17);3,10H,1-2H3,(H2,11,14);1-3H,4H2;2-4H,1H3;1-3H3,(H2,6,7);3H. The number of carbonyl (C=O) groups is 3. The molecule has 48 heteroatoms. The topological polar surface area (TPSA) is 453 Å². The molecule has 0 aliphatic carbocycles. The number of rotatable bonds is 14. The fourth-order valence-corrected chi connectivity index (χ4v) is 19.8. The molecule has 3 amide bonds. The van der Waals surface area contributed by atoms with Gasteiger partial charge in [-0.15, -0.1) is 45.3 Å². The molecule has 0 aliphatic rings. The van der Waals surface area contributed by atoms with Crippen molar-refractivity contribution in [2.45, 2.75) is 102 Å². The van der Waals surface area contributed by atoms with Crippen molar-refractivity contribution in [3.63, 3.8) is 0 Å². The first kappa shape index (κ1) is 98.5. The summed E-state index contributed by atoms with van der Waals surface area (Å²) in [7, 11) is 10.4. The van der Waals surface area contributed by atoms with Crippen molar-refractivity contribution in [3.05, 3.63) is 194 Å². The average Bonchev–Trinajstić information content (AvgIpc) is 1.59. The molecule has 1 radical (unpaired) electrons. The maximum absolute atomic E-state index is 13.1. The van der Waals surface area contributed by atoms with Gasteiger partial charge in [0.25, 0.3) is 22.6 Å². The molecule has 16 heterocycles. The number of hydrogen-bond donors (Lipinski definition) is 6. The molecule has 0 fully saturated rings. The summed E-state index contributed by atoms with van der Waals surface area (Å²) in [4.78, 5) is 110. The van der Waals surface area contributed by atoms with Crippen molar-refractivity contribution in [1.82, 2.24) is 92.5 Å².